The maximum Gasteiger partial charge on any atom is 0.225 e. The van der Waals surface area contributed by atoms with Gasteiger partial charge in [0.05, 0.1) is 0 Å². The lowest BCUT2D eigenvalue weighted by molar-refractivity contribution is -0.136. The molecule has 1 amide bonds. The number of hydrogen-bond donors (Lipinski definition) is 1. The van der Waals surface area contributed by atoms with Gasteiger partial charge in [-0.3, -0.25) is 9.69 Å². The maximum atomic E-state index is 12.6. The van der Waals surface area contributed by atoms with Crippen LogP contribution in [0.2, 0.25) is 0 Å². The molecule has 0 unspecified atom stereocenters. The first-order chi connectivity index (χ1) is 9.84. The highest BCUT2D eigenvalue weighted by atomic mass is 16.2. The van der Waals surface area contributed by atoms with Crippen molar-refractivity contribution in [1.29, 1.82) is 0 Å². The minimum atomic E-state index is 0.286. The summed E-state index contributed by atoms with van der Waals surface area (Å²) in [5, 5.41) is 3.35. The second kappa shape index (κ2) is 6.90. The molecule has 114 valence electrons. The van der Waals surface area contributed by atoms with Crippen LogP contribution in [0.1, 0.15) is 44.9 Å². The van der Waals surface area contributed by atoms with Gasteiger partial charge in [0.2, 0.25) is 5.91 Å². The molecule has 0 atom stereocenters. The van der Waals surface area contributed by atoms with Crippen LogP contribution in [0.3, 0.4) is 0 Å². The maximum absolute atomic E-state index is 12.6. The summed E-state index contributed by atoms with van der Waals surface area (Å²) in [7, 11) is 0. The fourth-order valence-electron chi connectivity index (χ4n) is 4.12. The van der Waals surface area contributed by atoms with E-state index in [4.69, 9.17) is 0 Å². The van der Waals surface area contributed by atoms with Crippen LogP contribution in [0.4, 0.5) is 0 Å². The summed E-state index contributed by atoms with van der Waals surface area (Å²) in [6.07, 6.45) is 8.78. The summed E-state index contributed by atoms with van der Waals surface area (Å²) in [5.41, 5.74) is 0. The number of carbonyl (C=O) groups is 1. The number of amides is 1. The summed E-state index contributed by atoms with van der Waals surface area (Å²) in [6, 6.07) is 0.809. The quantitative estimate of drug-likeness (QED) is 0.831. The lowest BCUT2D eigenvalue weighted by Crippen LogP contribution is -2.43. The largest absolute Gasteiger partial charge is 0.341 e. The Morgan fingerprint density at radius 2 is 1.60 bits per heavy atom. The van der Waals surface area contributed by atoms with Crippen molar-refractivity contribution in [2.75, 3.05) is 39.3 Å². The standard InChI is InChI=1S/C16H29N3O/c20-16(14-6-8-17-9-7-14)19-11-3-10-18(12-13-19)15-4-1-2-5-15/h14-15,17H,1-13H2. The van der Waals surface area contributed by atoms with E-state index in [0.29, 0.717) is 5.91 Å². The van der Waals surface area contributed by atoms with Gasteiger partial charge in [-0.2, -0.15) is 0 Å². The SMILES string of the molecule is O=C(C1CCNCC1)N1CCCN(C2CCCC2)CC1. The molecule has 4 heteroatoms. The summed E-state index contributed by atoms with van der Waals surface area (Å²) in [4.78, 5) is 17.4. The van der Waals surface area contributed by atoms with E-state index in [9.17, 15) is 4.79 Å². The van der Waals surface area contributed by atoms with Crippen molar-refractivity contribution in [3.05, 3.63) is 0 Å². The molecular formula is C16H29N3O. The molecule has 1 saturated carbocycles. The van der Waals surface area contributed by atoms with Gasteiger partial charge in [0.25, 0.3) is 0 Å². The second-order valence-corrected chi connectivity index (χ2v) is 6.68. The molecular weight excluding hydrogens is 250 g/mol. The van der Waals surface area contributed by atoms with E-state index < -0.39 is 0 Å². The zero-order chi connectivity index (χ0) is 13.8. The number of nitrogens with one attached hydrogen (secondary N) is 1. The zero-order valence-corrected chi connectivity index (χ0v) is 12.6. The van der Waals surface area contributed by atoms with Gasteiger partial charge in [0.15, 0.2) is 0 Å². The molecule has 2 heterocycles. The number of nitrogens with zero attached hydrogens (tertiary/aromatic N) is 2. The molecule has 3 fully saturated rings. The average molecular weight is 279 g/mol. The molecule has 0 aromatic rings. The molecule has 2 aliphatic heterocycles. The number of hydrogen-bond acceptors (Lipinski definition) is 3. The molecule has 20 heavy (non-hydrogen) atoms. The van der Waals surface area contributed by atoms with Gasteiger partial charge in [0.1, 0.15) is 0 Å². The van der Waals surface area contributed by atoms with E-state index in [1.54, 1.807) is 0 Å². The molecule has 0 bridgehead atoms. The Morgan fingerprint density at radius 3 is 2.35 bits per heavy atom. The molecule has 4 nitrogen and oxygen atoms in total. The highest BCUT2D eigenvalue weighted by Crippen LogP contribution is 2.25. The van der Waals surface area contributed by atoms with Gasteiger partial charge in [-0.25, -0.2) is 0 Å². The van der Waals surface area contributed by atoms with Crippen molar-refractivity contribution >= 4 is 5.91 Å². The first-order valence-electron chi connectivity index (χ1n) is 8.58. The van der Waals surface area contributed by atoms with Crippen LogP contribution in [-0.2, 0) is 4.79 Å². The van der Waals surface area contributed by atoms with Crippen LogP contribution >= 0.6 is 0 Å². The first-order valence-corrected chi connectivity index (χ1v) is 8.58. The van der Waals surface area contributed by atoms with E-state index >= 15 is 0 Å². The second-order valence-electron chi connectivity index (χ2n) is 6.68. The van der Waals surface area contributed by atoms with Crippen molar-refractivity contribution in [1.82, 2.24) is 15.1 Å². The van der Waals surface area contributed by atoms with Gasteiger partial charge >= 0.3 is 0 Å². The van der Waals surface area contributed by atoms with Gasteiger partial charge in [-0.15, -0.1) is 0 Å². The van der Waals surface area contributed by atoms with Gasteiger partial charge in [-0.05, 0) is 45.2 Å². The zero-order valence-electron chi connectivity index (χ0n) is 12.6. The molecule has 3 aliphatic rings. The predicted molar refractivity (Wildman–Crippen MR) is 80.6 cm³/mol. The van der Waals surface area contributed by atoms with Crippen LogP contribution in [0, 0.1) is 5.92 Å². The van der Waals surface area contributed by atoms with Crippen molar-refractivity contribution in [2.45, 2.75) is 51.0 Å². The molecule has 1 N–H and O–H groups in total. The van der Waals surface area contributed by atoms with Gasteiger partial charge in [-0.1, -0.05) is 12.8 Å². The molecule has 2 saturated heterocycles. The Kier molecular flexibility index (Phi) is 4.94. The molecule has 0 aromatic heterocycles. The first kappa shape index (κ1) is 14.3. The third kappa shape index (κ3) is 3.34. The monoisotopic (exact) mass is 279 g/mol. The molecule has 0 aromatic carbocycles. The molecule has 1 aliphatic carbocycles. The highest BCUT2D eigenvalue weighted by Gasteiger charge is 2.29. The van der Waals surface area contributed by atoms with E-state index in [2.05, 4.69) is 15.1 Å². The normalized spacial score (nSPS) is 27.7. The number of rotatable bonds is 2. The van der Waals surface area contributed by atoms with Crippen LogP contribution in [-0.4, -0.2) is 61.0 Å². The van der Waals surface area contributed by atoms with Gasteiger partial charge < -0.3 is 10.2 Å². The summed E-state index contributed by atoms with van der Waals surface area (Å²) in [5.74, 6) is 0.717. The minimum absolute atomic E-state index is 0.286. The Bertz CT molecular complexity index is 322. The van der Waals surface area contributed by atoms with Gasteiger partial charge in [0, 0.05) is 38.1 Å². The van der Waals surface area contributed by atoms with E-state index in [1.807, 2.05) is 0 Å². The molecule has 0 radical (unpaired) electrons. The van der Waals surface area contributed by atoms with E-state index in [0.717, 1.165) is 58.0 Å². The average Bonchev–Trinajstić information content (AvgIpc) is 2.92. The summed E-state index contributed by atoms with van der Waals surface area (Å²) >= 11 is 0. The lowest BCUT2D eigenvalue weighted by atomic mass is 9.96. The Balaban J connectivity index is 1.52. The third-order valence-corrected chi connectivity index (χ3v) is 5.37. The summed E-state index contributed by atoms with van der Waals surface area (Å²) < 4.78 is 0. The third-order valence-electron chi connectivity index (χ3n) is 5.37. The van der Waals surface area contributed by atoms with Crippen molar-refractivity contribution < 1.29 is 4.79 Å². The molecule has 3 rings (SSSR count). The summed E-state index contributed by atoms with van der Waals surface area (Å²) in [6.45, 7) is 6.25. The predicted octanol–water partition coefficient (Wildman–Crippen LogP) is 1.46. The Morgan fingerprint density at radius 1 is 0.850 bits per heavy atom. The fourth-order valence-corrected chi connectivity index (χ4v) is 4.12. The number of piperidine rings is 1. The number of carbonyl (C=O) groups excluding carboxylic acids is 1. The molecule has 0 spiro atoms. The van der Waals surface area contributed by atoms with Crippen LogP contribution in [0.25, 0.3) is 0 Å². The minimum Gasteiger partial charge on any atom is -0.341 e. The topological polar surface area (TPSA) is 35.6 Å². The fraction of sp³-hybridized carbons (Fsp3) is 0.938. The van der Waals surface area contributed by atoms with Crippen LogP contribution < -0.4 is 5.32 Å². The van der Waals surface area contributed by atoms with Crippen molar-refractivity contribution in [3.63, 3.8) is 0 Å². The Labute approximate surface area is 122 Å². The van der Waals surface area contributed by atoms with E-state index in [-0.39, 0.29) is 5.92 Å². The van der Waals surface area contributed by atoms with E-state index in [1.165, 1.54) is 32.2 Å². The highest BCUT2D eigenvalue weighted by molar-refractivity contribution is 5.79. The smallest absolute Gasteiger partial charge is 0.225 e. The van der Waals surface area contributed by atoms with Crippen molar-refractivity contribution in [3.8, 4) is 0 Å². The Hall–Kier alpha value is -0.610. The van der Waals surface area contributed by atoms with Crippen LogP contribution in [0.5, 0.6) is 0 Å². The lowest BCUT2D eigenvalue weighted by Gasteiger charge is -2.30. The van der Waals surface area contributed by atoms with Crippen molar-refractivity contribution in [2.24, 2.45) is 5.92 Å². The van der Waals surface area contributed by atoms with Crippen LogP contribution in [0.15, 0.2) is 0 Å².